The van der Waals surface area contributed by atoms with Crippen LogP contribution in [0.2, 0.25) is 0 Å². The molecule has 2 N–H and O–H groups in total. The molecule has 0 amide bonds. The second-order valence-electron chi connectivity index (χ2n) is 6.49. The molecule has 2 rings (SSSR count). The van der Waals surface area contributed by atoms with Crippen molar-refractivity contribution in [2.45, 2.75) is 29.3 Å². The van der Waals surface area contributed by atoms with Crippen LogP contribution in [0.4, 0.5) is 0 Å². The van der Waals surface area contributed by atoms with Gasteiger partial charge in [-0.1, -0.05) is 0 Å². The molecule has 0 bridgehead atoms. The first-order valence-electron chi connectivity index (χ1n) is 8.48. The third kappa shape index (κ3) is 6.22. The highest BCUT2D eigenvalue weighted by Crippen LogP contribution is 2.29. The molecule has 1 atom stereocenters. The smallest absolute Gasteiger partial charge is 0.240 e. The van der Waals surface area contributed by atoms with Crippen molar-refractivity contribution in [3.05, 3.63) is 48.0 Å². The van der Waals surface area contributed by atoms with E-state index in [9.17, 15) is 8.42 Å². The number of benzene rings is 2. The number of nitrogens with zero attached hydrogens (tertiary/aromatic N) is 1. The Hall–Kier alpha value is -1.58. The Morgan fingerprint density at radius 2 is 1.85 bits per heavy atom. The molecule has 0 unspecified atom stereocenters. The number of ether oxygens (including phenoxy) is 1. The zero-order valence-corrected chi connectivity index (χ0v) is 17.6. The Labute approximate surface area is 165 Å². The van der Waals surface area contributed by atoms with Crippen LogP contribution in [0, 0.1) is 0 Å². The van der Waals surface area contributed by atoms with Gasteiger partial charge in [-0.25, -0.2) is 13.1 Å². The highest BCUT2D eigenvalue weighted by Gasteiger charge is 2.19. The zero-order chi connectivity index (χ0) is 20.0. The monoisotopic (exact) mass is 410 g/mol. The molecule has 0 aliphatic carbocycles. The first-order valence-corrected chi connectivity index (χ1v) is 11.2. The predicted molar refractivity (Wildman–Crippen MR) is 109 cm³/mol. The molecule has 0 saturated carbocycles. The van der Waals surface area contributed by atoms with Crippen LogP contribution < -0.4 is 9.46 Å². The van der Waals surface area contributed by atoms with Gasteiger partial charge in [0.2, 0.25) is 10.0 Å². The van der Waals surface area contributed by atoms with Crippen LogP contribution in [-0.2, 0) is 16.6 Å². The number of thioether (sulfide) groups is 1. The van der Waals surface area contributed by atoms with Crippen LogP contribution in [0.25, 0.3) is 0 Å². The molecule has 0 fully saturated rings. The lowest BCUT2D eigenvalue weighted by Crippen LogP contribution is -2.35. The summed E-state index contributed by atoms with van der Waals surface area (Å²) in [6.45, 7) is 1.86. The Bertz CT molecular complexity index is 853. The average Bonchev–Trinajstić information content (AvgIpc) is 2.62. The van der Waals surface area contributed by atoms with E-state index in [-0.39, 0.29) is 11.5 Å². The standard InChI is InChI=1S/C19H26N2O4S2/c1-14(13-22)20-27(23,24)18-9-10-19(15(11-18)12-21(2)3)25-16-5-7-17(26-4)8-6-16/h5-11,14,20,22H,12-13H2,1-4H3/t14-/m1/s1. The molecule has 0 radical (unpaired) electrons. The number of hydrogen-bond donors (Lipinski definition) is 2. The SMILES string of the molecule is CSc1ccc(Oc2ccc(S(=O)(=O)N[C@H](C)CO)cc2CN(C)C)cc1. The van der Waals surface area contributed by atoms with Crippen molar-refractivity contribution in [3.8, 4) is 11.5 Å². The summed E-state index contributed by atoms with van der Waals surface area (Å²) < 4.78 is 33.4. The van der Waals surface area contributed by atoms with Gasteiger partial charge in [0.15, 0.2) is 0 Å². The summed E-state index contributed by atoms with van der Waals surface area (Å²) in [5.41, 5.74) is 0.758. The fourth-order valence-corrected chi connectivity index (χ4v) is 4.12. The van der Waals surface area contributed by atoms with Gasteiger partial charge in [-0.15, -0.1) is 11.8 Å². The average molecular weight is 411 g/mol. The number of sulfonamides is 1. The summed E-state index contributed by atoms with van der Waals surface area (Å²) in [5, 5.41) is 9.11. The third-order valence-electron chi connectivity index (χ3n) is 3.75. The van der Waals surface area contributed by atoms with Crippen LogP contribution >= 0.6 is 11.8 Å². The molecule has 0 aromatic heterocycles. The minimum Gasteiger partial charge on any atom is -0.457 e. The van der Waals surface area contributed by atoms with Crippen molar-refractivity contribution in [2.75, 3.05) is 27.0 Å². The number of aliphatic hydroxyl groups excluding tert-OH is 1. The van der Waals surface area contributed by atoms with E-state index in [1.807, 2.05) is 49.5 Å². The minimum absolute atomic E-state index is 0.143. The van der Waals surface area contributed by atoms with E-state index >= 15 is 0 Å². The first kappa shape index (κ1) is 21.7. The maximum Gasteiger partial charge on any atom is 0.240 e. The van der Waals surface area contributed by atoms with E-state index in [0.717, 1.165) is 10.5 Å². The lowest BCUT2D eigenvalue weighted by atomic mass is 10.2. The third-order valence-corrected chi connectivity index (χ3v) is 6.08. The minimum atomic E-state index is -3.72. The van der Waals surface area contributed by atoms with Crippen LogP contribution in [-0.4, -0.2) is 51.4 Å². The number of nitrogens with one attached hydrogen (secondary N) is 1. The summed E-state index contributed by atoms with van der Waals surface area (Å²) in [5.74, 6) is 1.30. The van der Waals surface area contributed by atoms with Crippen molar-refractivity contribution in [2.24, 2.45) is 0 Å². The zero-order valence-electron chi connectivity index (χ0n) is 16.0. The normalized spacial score (nSPS) is 13.0. The van der Waals surface area contributed by atoms with Gasteiger partial charge < -0.3 is 14.7 Å². The topological polar surface area (TPSA) is 78.9 Å². The summed E-state index contributed by atoms with van der Waals surface area (Å²) in [7, 11) is 0.0987. The summed E-state index contributed by atoms with van der Waals surface area (Å²) >= 11 is 1.65. The molecule has 148 valence electrons. The van der Waals surface area contributed by atoms with E-state index in [2.05, 4.69) is 4.72 Å². The van der Waals surface area contributed by atoms with Crippen LogP contribution in [0.15, 0.2) is 52.3 Å². The maximum absolute atomic E-state index is 12.5. The Kier molecular flexibility index (Phi) is 7.69. The first-order chi connectivity index (χ1) is 12.7. The van der Waals surface area contributed by atoms with Crippen LogP contribution in [0.1, 0.15) is 12.5 Å². The maximum atomic E-state index is 12.5. The van der Waals surface area contributed by atoms with Gasteiger partial charge in [0, 0.05) is 23.0 Å². The molecule has 2 aromatic carbocycles. The molecular weight excluding hydrogens is 384 g/mol. The Morgan fingerprint density at radius 3 is 2.41 bits per heavy atom. The quantitative estimate of drug-likeness (QED) is 0.619. The molecule has 0 spiro atoms. The van der Waals surface area contributed by atoms with Crippen molar-refractivity contribution in [3.63, 3.8) is 0 Å². The van der Waals surface area contributed by atoms with Gasteiger partial charge in [-0.2, -0.15) is 0 Å². The van der Waals surface area contributed by atoms with Gasteiger partial charge in [-0.05, 0) is 69.7 Å². The van der Waals surface area contributed by atoms with E-state index < -0.39 is 16.1 Å². The van der Waals surface area contributed by atoms with E-state index in [4.69, 9.17) is 9.84 Å². The molecule has 27 heavy (non-hydrogen) atoms. The lowest BCUT2D eigenvalue weighted by Gasteiger charge is -2.17. The molecule has 0 aliphatic heterocycles. The molecule has 0 heterocycles. The highest BCUT2D eigenvalue weighted by molar-refractivity contribution is 7.98. The fraction of sp³-hybridized carbons (Fsp3) is 0.368. The fourth-order valence-electron chi connectivity index (χ4n) is 2.43. The van der Waals surface area contributed by atoms with Crippen molar-refractivity contribution in [1.29, 1.82) is 0 Å². The lowest BCUT2D eigenvalue weighted by molar-refractivity contribution is 0.265. The van der Waals surface area contributed by atoms with E-state index in [1.54, 1.807) is 30.8 Å². The Balaban J connectivity index is 2.34. The molecule has 8 heteroatoms. The van der Waals surface area contributed by atoms with Crippen molar-refractivity contribution < 1.29 is 18.3 Å². The van der Waals surface area contributed by atoms with Crippen LogP contribution in [0.5, 0.6) is 11.5 Å². The van der Waals surface area contributed by atoms with Crippen LogP contribution in [0.3, 0.4) is 0 Å². The predicted octanol–water partition coefficient (Wildman–Crippen LogP) is 2.92. The molecule has 0 saturated heterocycles. The molecule has 0 aliphatic rings. The van der Waals surface area contributed by atoms with Gasteiger partial charge in [0.05, 0.1) is 11.5 Å². The summed E-state index contributed by atoms with van der Waals surface area (Å²) in [6, 6.07) is 12.0. The van der Waals surface area contributed by atoms with Gasteiger partial charge in [-0.3, -0.25) is 0 Å². The second kappa shape index (κ2) is 9.57. The largest absolute Gasteiger partial charge is 0.457 e. The Morgan fingerprint density at radius 1 is 1.19 bits per heavy atom. The molecule has 2 aromatic rings. The highest BCUT2D eigenvalue weighted by atomic mass is 32.2. The van der Waals surface area contributed by atoms with E-state index in [1.165, 1.54) is 6.07 Å². The number of hydrogen-bond acceptors (Lipinski definition) is 6. The second-order valence-corrected chi connectivity index (χ2v) is 9.08. The molecular formula is C19H26N2O4S2. The van der Waals surface area contributed by atoms with Gasteiger partial charge in [0.1, 0.15) is 11.5 Å². The van der Waals surface area contributed by atoms with Gasteiger partial charge in [0.25, 0.3) is 0 Å². The summed E-state index contributed by atoms with van der Waals surface area (Å²) in [4.78, 5) is 3.23. The number of rotatable bonds is 9. The van der Waals surface area contributed by atoms with Gasteiger partial charge >= 0.3 is 0 Å². The van der Waals surface area contributed by atoms with Crippen molar-refractivity contribution >= 4 is 21.8 Å². The van der Waals surface area contributed by atoms with E-state index in [0.29, 0.717) is 18.0 Å². The molecule has 6 nitrogen and oxygen atoms in total. The summed E-state index contributed by atoms with van der Waals surface area (Å²) in [6.07, 6.45) is 2.01. The number of aliphatic hydroxyl groups is 1. The van der Waals surface area contributed by atoms with Crippen molar-refractivity contribution in [1.82, 2.24) is 9.62 Å².